The third kappa shape index (κ3) is 5.84. The Morgan fingerprint density at radius 3 is 2.00 bits per heavy atom. The highest BCUT2D eigenvalue weighted by Crippen LogP contribution is 2.50. The Bertz CT molecular complexity index is 1840. The molecule has 0 aliphatic carbocycles. The molecule has 44 heavy (non-hydrogen) atoms. The van der Waals surface area contributed by atoms with E-state index in [0.717, 1.165) is 13.0 Å². The minimum absolute atomic E-state index is 0.0506. The van der Waals surface area contributed by atoms with Gasteiger partial charge in [0, 0.05) is 35.0 Å². The second-order valence-electron chi connectivity index (χ2n) is 12.4. The van der Waals surface area contributed by atoms with Crippen LogP contribution in [0.3, 0.4) is 0 Å². The maximum absolute atomic E-state index is 8.49. The number of benzene rings is 4. The van der Waals surface area contributed by atoms with Gasteiger partial charge in [-0.05, 0) is 60.2 Å². The van der Waals surface area contributed by atoms with Gasteiger partial charge in [-0.1, -0.05) is 99.7 Å². The van der Waals surface area contributed by atoms with E-state index in [1.54, 1.807) is 0 Å². The lowest BCUT2D eigenvalue weighted by atomic mass is 9.80. The van der Waals surface area contributed by atoms with E-state index in [2.05, 4.69) is 154 Å². The molecule has 0 amide bonds. The largest absolute Gasteiger partial charge is 0.344 e. The average molecular weight is 611 g/mol. The molecule has 4 aromatic rings. The first-order valence-electron chi connectivity index (χ1n) is 14.9. The zero-order chi connectivity index (χ0) is 31.9. The number of allylic oxidation sites excluding steroid dienone is 6. The van der Waals surface area contributed by atoms with Crippen LogP contribution < -0.4 is 23.5 Å². The summed E-state index contributed by atoms with van der Waals surface area (Å²) in [6, 6.07) is 26.7. The lowest BCUT2D eigenvalue weighted by Crippen LogP contribution is -2.68. The van der Waals surface area contributed by atoms with E-state index < -0.39 is 10.2 Å². The van der Waals surface area contributed by atoms with Crippen LogP contribution in [0.15, 0.2) is 109 Å². The van der Waals surface area contributed by atoms with Crippen molar-refractivity contribution in [3.63, 3.8) is 0 Å². The second-order valence-corrected chi connectivity index (χ2v) is 13.1. The molecule has 228 valence electrons. The zero-order valence-electron chi connectivity index (χ0n) is 26.1. The standard InChI is InChI=1S/C37H39N2.ClHO4/c1-7-25-39-31-24-22-26-15-11-13-17-28(26)34(31)37(4,5)33(39)20-10-8-9-19-32-36(2,3)30-23-21-27-16-12-14-18-29(27)35(30)38(32)6;2-1(3,4)5/h8-24H,7,25H2,1-6H3;(H,2,3,4,5)/q+1;/p-1. The fourth-order valence-corrected chi connectivity index (χ4v) is 6.98. The number of nitrogens with zero attached hydrogens (tertiary/aromatic N) is 2. The Kier molecular flexibility index (Phi) is 8.60. The summed E-state index contributed by atoms with van der Waals surface area (Å²) >= 11 is 0. The molecule has 0 fully saturated rings. The lowest BCUT2D eigenvalue weighted by molar-refractivity contribution is -2.00. The Labute approximate surface area is 261 Å². The van der Waals surface area contributed by atoms with E-state index >= 15 is 0 Å². The van der Waals surface area contributed by atoms with Gasteiger partial charge in [-0.15, -0.1) is 10.2 Å². The Morgan fingerprint density at radius 2 is 1.34 bits per heavy atom. The minimum Gasteiger partial charge on any atom is -0.344 e. The molecule has 0 saturated carbocycles. The van der Waals surface area contributed by atoms with Crippen molar-refractivity contribution in [2.45, 2.75) is 51.9 Å². The van der Waals surface area contributed by atoms with E-state index in [9.17, 15) is 0 Å². The molecular weight excluding hydrogens is 572 g/mol. The smallest absolute Gasteiger partial charge is 0.217 e. The van der Waals surface area contributed by atoms with E-state index in [1.807, 2.05) is 0 Å². The van der Waals surface area contributed by atoms with Crippen LogP contribution in [0.5, 0.6) is 0 Å². The fraction of sp³-hybridized carbons (Fsp3) is 0.270. The molecule has 0 unspecified atom stereocenters. The van der Waals surface area contributed by atoms with Crippen molar-refractivity contribution in [3.05, 3.63) is 120 Å². The third-order valence-electron chi connectivity index (χ3n) is 8.84. The number of halogens is 1. The quantitative estimate of drug-likeness (QED) is 0.246. The molecule has 0 bridgehead atoms. The molecule has 2 heterocycles. The van der Waals surface area contributed by atoms with Gasteiger partial charge in [-0.3, -0.25) is 0 Å². The van der Waals surface area contributed by atoms with Crippen molar-refractivity contribution < 1.29 is 33.5 Å². The van der Waals surface area contributed by atoms with Crippen LogP contribution in [-0.2, 0) is 10.8 Å². The van der Waals surface area contributed by atoms with Gasteiger partial charge in [-0.2, -0.15) is 4.58 Å². The van der Waals surface area contributed by atoms with Crippen molar-refractivity contribution in [2.75, 3.05) is 18.5 Å². The normalized spacial score (nSPS) is 18.0. The summed E-state index contributed by atoms with van der Waals surface area (Å²) in [6.07, 6.45) is 12.3. The molecule has 4 aromatic carbocycles. The molecule has 0 spiro atoms. The van der Waals surface area contributed by atoms with Crippen LogP contribution in [0.1, 0.15) is 52.2 Å². The first kappa shape index (κ1) is 31.6. The Balaban J connectivity index is 0.000000712. The number of hydrogen-bond acceptors (Lipinski definition) is 5. The third-order valence-corrected chi connectivity index (χ3v) is 8.84. The molecule has 7 heteroatoms. The van der Waals surface area contributed by atoms with Crippen molar-refractivity contribution in [1.82, 2.24) is 0 Å². The molecular formula is C37H39ClN2O4. The first-order chi connectivity index (χ1) is 20.8. The highest BCUT2D eigenvalue weighted by Gasteiger charge is 2.44. The summed E-state index contributed by atoms with van der Waals surface area (Å²) < 4.78 is 36.4. The molecule has 0 aromatic heterocycles. The molecule has 0 atom stereocenters. The summed E-state index contributed by atoms with van der Waals surface area (Å²) in [6.45, 7) is 12.7. The van der Waals surface area contributed by atoms with E-state index in [1.165, 1.54) is 55.5 Å². The summed E-state index contributed by atoms with van der Waals surface area (Å²) in [7, 11) is -2.74. The monoisotopic (exact) mass is 610 g/mol. The van der Waals surface area contributed by atoms with Gasteiger partial charge in [0.15, 0.2) is 5.71 Å². The maximum atomic E-state index is 8.49. The first-order valence-corrected chi connectivity index (χ1v) is 16.1. The van der Waals surface area contributed by atoms with Crippen LogP contribution in [-0.4, -0.2) is 23.9 Å². The van der Waals surface area contributed by atoms with E-state index in [0.29, 0.717) is 0 Å². The summed E-state index contributed by atoms with van der Waals surface area (Å²) in [5.74, 6) is 0. The molecule has 0 saturated heterocycles. The molecule has 0 N–H and O–H groups in total. The number of fused-ring (bicyclic) bond motifs is 6. The van der Waals surface area contributed by atoms with Gasteiger partial charge in [-0.25, -0.2) is 18.6 Å². The van der Waals surface area contributed by atoms with Gasteiger partial charge in [0.05, 0.1) is 10.8 Å². The average Bonchev–Trinajstić information content (AvgIpc) is 3.30. The summed E-state index contributed by atoms with van der Waals surface area (Å²) in [5.41, 5.74) is 8.09. The molecule has 0 radical (unpaired) electrons. The predicted octanol–water partition coefficient (Wildman–Crippen LogP) is 4.45. The summed E-state index contributed by atoms with van der Waals surface area (Å²) in [4.78, 5) is 2.53. The lowest BCUT2D eigenvalue weighted by Gasteiger charge is -2.26. The highest BCUT2D eigenvalue weighted by atomic mass is 35.7. The number of hydrogen-bond donors (Lipinski definition) is 0. The van der Waals surface area contributed by atoms with Crippen LogP contribution in [0.4, 0.5) is 11.4 Å². The van der Waals surface area contributed by atoms with Crippen LogP contribution in [0.25, 0.3) is 21.5 Å². The second kappa shape index (κ2) is 12.0. The summed E-state index contributed by atoms with van der Waals surface area (Å²) in [5, 5.41) is 5.29. The number of anilines is 1. The predicted molar refractivity (Wildman–Crippen MR) is 169 cm³/mol. The zero-order valence-corrected chi connectivity index (χ0v) is 26.9. The van der Waals surface area contributed by atoms with Crippen LogP contribution in [0, 0.1) is 10.2 Å². The van der Waals surface area contributed by atoms with Crippen molar-refractivity contribution in [3.8, 4) is 0 Å². The SMILES string of the molecule is CCCN1C(=CC=CC=CC2=[N+](C)c3c(ccc4ccccc34)C2(C)C)C(C)(C)c2c1ccc1ccccc21.[O-][Cl+3]([O-])([O-])[O-]. The van der Waals surface area contributed by atoms with Crippen molar-refractivity contribution in [1.29, 1.82) is 0 Å². The van der Waals surface area contributed by atoms with Crippen LogP contribution in [0.2, 0.25) is 0 Å². The fourth-order valence-electron chi connectivity index (χ4n) is 6.98. The van der Waals surface area contributed by atoms with E-state index in [4.69, 9.17) is 18.6 Å². The molecule has 2 aliphatic heterocycles. The van der Waals surface area contributed by atoms with Gasteiger partial charge in [0.1, 0.15) is 7.05 Å². The minimum atomic E-state index is -4.94. The Morgan fingerprint density at radius 1 is 0.750 bits per heavy atom. The Hall–Kier alpha value is -3.78. The molecule has 6 rings (SSSR count). The van der Waals surface area contributed by atoms with Gasteiger partial charge < -0.3 is 4.90 Å². The number of rotatable bonds is 5. The van der Waals surface area contributed by atoms with Crippen molar-refractivity contribution >= 4 is 38.6 Å². The molecule has 6 nitrogen and oxygen atoms in total. The van der Waals surface area contributed by atoms with Crippen molar-refractivity contribution in [2.24, 2.45) is 0 Å². The van der Waals surface area contributed by atoms with Gasteiger partial charge >= 0.3 is 0 Å². The topological polar surface area (TPSA) is 98.5 Å². The van der Waals surface area contributed by atoms with E-state index in [-0.39, 0.29) is 10.8 Å². The van der Waals surface area contributed by atoms with Gasteiger partial charge in [0.25, 0.3) is 0 Å². The maximum Gasteiger partial charge on any atom is 0.217 e. The molecule has 2 aliphatic rings. The van der Waals surface area contributed by atoms with Gasteiger partial charge in [0.2, 0.25) is 5.69 Å². The van der Waals surface area contributed by atoms with Crippen LogP contribution >= 0.6 is 0 Å². The highest BCUT2D eigenvalue weighted by molar-refractivity contribution is 6.07.